The number of nitrogens with zero attached hydrogens (tertiary/aromatic N) is 3. The fourth-order valence-electron chi connectivity index (χ4n) is 3.18. The highest BCUT2D eigenvalue weighted by atomic mass is 35.5. The van der Waals surface area contributed by atoms with Gasteiger partial charge < -0.3 is 4.52 Å². The Kier molecular flexibility index (Phi) is 5.75. The van der Waals surface area contributed by atoms with Crippen molar-refractivity contribution in [1.29, 1.82) is 0 Å². The molecular weight excluding hydrogens is 396 g/mol. The molecule has 0 saturated carbocycles. The number of piperidine rings is 1. The maximum absolute atomic E-state index is 12.4. The van der Waals surface area contributed by atoms with Crippen molar-refractivity contribution in [2.24, 2.45) is 5.92 Å². The van der Waals surface area contributed by atoms with Crippen LogP contribution in [0.4, 0.5) is 5.13 Å². The molecule has 0 aliphatic carbocycles. The first kappa shape index (κ1) is 19.1. The zero-order valence-electron chi connectivity index (χ0n) is 15.5. The molecule has 0 spiro atoms. The van der Waals surface area contributed by atoms with Crippen molar-refractivity contribution in [3.05, 3.63) is 52.1 Å². The van der Waals surface area contributed by atoms with Gasteiger partial charge in [0.25, 0.3) is 5.91 Å². The lowest BCUT2D eigenvalue weighted by Gasteiger charge is -2.29. The monoisotopic (exact) mass is 416 g/mol. The van der Waals surface area contributed by atoms with E-state index in [9.17, 15) is 4.79 Å². The van der Waals surface area contributed by atoms with Crippen LogP contribution in [0.15, 0.2) is 40.2 Å². The van der Waals surface area contributed by atoms with Crippen molar-refractivity contribution in [2.75, 3.05) is 18.4 Å². The third kappa shape index (κ3) is 4.60. The molecule has 2 aromatic heterocycles. The van der Waals surface area contributed by atoms with Crippen LogP contribution in [0.25, 0.3) is 11.3 Å². The summed E-state index contributed by atoms with van der Waals surface area (Å²) in [5.74, 6) is 0.986. The Morgan fingerprint density at radius 1 is 1.32 bits per heavy atom. The van der Waals surface area contributed by atoms with Crippen LogP contribution in [0, 0.1) is 5.92 Å². The van der Waals surface area contributed by atoms with Gasteiger partial charge in [-0.25, -0.2) is 4.98 Å². The number of nitrogens with one attached hydrogen (secondary N) is 1. The van der Waals surface area contributed by atoms with E-state index in [4.69, 9.17) is 16.1 Å². The molecule has 0 atom stereocenters. The predicted octanol–water partition coefficient (Wildman–Crippen LogP) is 4.94. The lowest BCUT2D eigenvalue weighted by Crippen LogP contribution is -2.32. The average Bonchev–Trinajstić information content (AvgIpc) is 3.34. The van der Waals surface area contributed by atoms with Crippen LogP contribution in [0.1, 0.15) is 35.9 Å². The van der Waals surface area contributed by atoms with Gasteiger partial charge in [0.15, 0.2) is 16.6 Å². The van der Waals surface area contributed by atoms with E-state index in [-0.39, 0.29) is 11.6 Å². The molecule has 28 heavy (non-hydrogen) atoms. The van der Waals surface area contributed by atoms with Crippen molar-refractivity contribution in [2.45, 2.75) is 26.3 Å². The van der Waals surface area contributed by atoms with Gasteiger partial charge in [0.2, 0.25) is 0 Å². The fourth-order valence-corrected chi connectivity index (χ4v) is 4.00. The van der Waals surface area contributed by atoms with Crippen LogP contribution in [0.5, 0.6) is 0 Å². The molecule has 146 valence electrons. The number of carbonyl (C=O) groups excluding carboxylic acids is 1. The average molecular weight is 417 g/mol. The van der Waals surface area contributed by atoms with Gasteiger partial charge in [-0.1, -0.05) is 23.7 Å². The number of likely N-dealkylation sites (tertiary alicyclic amines) is 1. The molecule has 1 saturated heterocycles. The summed E-state index contributed by atoms with van der Waals surface area (Å²) >= 11 is 7.32. The maximum Gasteiger partial charge on any atom is 0.279 e. The number of anilines is 1. The van der Waals surface area contributed by atoms with Crippen molar-refractivity contribution in [3.8, 4) is 11.3 Å². The highest BCUT2D eigenvalue weighted by Crippen LogP contribution is 2.24. The minimum absolute atomic E-state index is 0.215. The molecule has 6 nitrogen and oxygen atoms in total. The van der Waals surface area contributed by atoms with Crippen LogP contribution in [-0.2, 0) is 6.54 Å². The summed E-state index contributed by atoms with van der Waals surface area (Å²) in [5, 5.41) is 9.88. The standard InChI is InChI=1S/C20H21ClN4O2S/c1-13-6-8-25(9-7-13)11-16-12-28-20(22-16)23-19(26)17-10-18(27-24-17)14-2-4-15(21)5-3-14/h2-5,10,12-13H,6-9,11H2,1H3,(H,22,23,26). The van der Waals surface area contributed by atoms with Gasteiger partial charge in [-0.15, -0.1) is 11.3 Å². The Morgan fingerprint density at radius 2 is 2.07 bits per heavy atom. The normalized spacial score (nSPS) is 15.6. The van der Waals surface area contributed by atoms with E-state index >= 15 is 0 Å². The number of benzene rings is 1. The van der Waals surface area contributed by atoms with Crippen molar-refractivity contribution in [3.63, 3.8) is 0 Å². The van der Waals surface area contributed by atoms with Crippen molar-refractivity contribution < 1.29 is 9.32 Å². The van der Waals surface area contributed by atoms with Gasteiger partial charge in [0, 0.05) is 28.6 Å². The van der Waals surface area contributed by atoms with Gasteiger partial charge >= 0.3 is 0 Å². The summed E-state index contributed by atoms with van der Waals surface area (Å²) in [5.41, 5.74) is 2.01. The van der Waals surface area contributed by atoms with E-state index in [1.165, 1.54) is 24.2 Å². The molecule has 3 heterocycles. The number of carbonyl (C=O) groups is 1. The number of amides is 1. The second-order valence-electron chi connectivity index (χ2n) is 7.14. The van der Waals surface area contributed by atoms with Crippen LogP contribution in [0.3, 0.4) is 0 Å². The van der Waals surface area contributed by atoms with Crippen molar-refractivity contribution >= 4 is 34.0 Å². The quantitative estimate of drug-likeness (QED) is 0.638. The van der Waals surface area contributed by atoms with E-state index in [2.05, 4.69) is 27.3 Å². The molecule has 0 bridgehead atoms. The Labute approximate surface area is 172 Å². The third-order valence-electron chi connectivity index (χ3n) is 4.91. The Bertz CT molecular complexity index is 945. The molecule has 1 N–H and O–H groups in total. The molecule has 1 aliphatic heterocycles. The highest BCUT2D eigenvalue weighted by molar-refractivity contribution is 7.13. The van der Waals surface area contributed by atoms with Gasteiger partial charge in [0.05, 0.1) is 5.69 Å². The molecule has 1 amide bonds. The molecule has 8 heteroatoms. The molecule has 0 radical (unpaired) electrons. The van der Waals surface area contributed by atoms with E-state index in [1.807, 2.05) is 17.5 Å². The molecule has 3 aromatic rings. The van der Waals surface area contributed by atoms with E-state index < -0.39 is 0 Å². The topological polar surface area (TPSA) is 71.3 Å². The molecule has 1 fully saturated rings. The second-order valence-corrected chi connectivity index (χ2v) is 8.43. The minimum atomic E-state index is -0.336. The lowest BCUT2D eigenvalue weighted by molar-refractivity contribution is 0.101. The predicted molar refractivity (Wildman–Crippen MR) is 111 cm³/mol. The molecule has 4 rings (SSSR count). The molecule has 1 aromatic carbocycles. The van der Waals surface area contributed by atoms with E-state index in [1.54, 1.807) is 18.2 Å². The summed E-state index contributed by atoms with van der Waals surface area (Å²) < 4.78 is 5.29. The van der Waals surface area contributed by atoms with E-state index in [0.29, 0.717) is 15.9 Å². The molecule has 1 aliphatic rings. The first-order chi connectivity index (χ1) is 13.6. The number of hydrogen-bond acceptors (Lipinski definition) is 6. The third-order valence-corrected chi connectivity index (χ3v) is 5.96. The Balaban J connectivity index is 1.36. The fraction of sp³-hybridized carbons (Fsp3) is 0.350. The maximum atomic E-state index is 12.4. The van der Waals surface area contributed by atoms with Crippen molar-refractivity contribution in [1.82, 2.24) is 15.0 Å². The van der Waals surface area contributed by atoms with E-state index in [0.717, 1.165) is 36.8 Å². The number of halogens is 1. The summed E-state index contributed by atoms with van der Waals surface area (Å²) in [6, 6.07) is 8.78. The number of thiazole rings is 1. The smallest absolute Gasteiger partial charge is 0.279 e. The van der Waals surface area contributed by atoms with Crippen LogP contribution < -0.4 is 5.32 Å². The lowest BCUT2D eigenvalue weighted by atomic mass is 9.99. The highest BCUT2D eigenvalue weighted by Gasteiger charge is 2.18. The summed E-state index contributed by atoms with van der Waals surface area (Å²) in [6.45, 7) is 5.33. The zero-order valence-corrected chi connectivity index (χ0v) is 17.1. The van der Waals surface area contributed by atoms with Gasteiger partial charge in [0.1, 0.15) is 0 Å². The molecule has 0 unspecified atom stereocenters. The number of rotatable bonds is 5. The summed E-state index contributed by atoms with van der Waals surface area (Å²) in [7, 11) is 0. The SMILES string of the molecule is CC1CCN(Cc2csc(NC(=O)c3cc(-c4ccc(Cl)cc4)on3)n2)CC1. The Morgan fingerprint density at radius 3 is 2.82 bits per heavy atom. The van der Waals surface area contributed by atoms with Gasteiger partial charge in [-0.05, 0) is 56.1 Å². The Hall–Kier alpha value is -2.22. The number of aromatic nitrogens is 2. The van der Waals surface area contributed by atoms with Crippen LogP contribution in [0.2, 0.25) is 5.02 Å². The number of hydrogen-bond donors (Lipinski definition) is 1. The first-order valence-corrected chi connectivity index (χ1v) is 10.5. The van der Waals surface area contributed by atoms with Crippen LogP contribution >= 0.6 is 22.9 Å². The minimum Gasteiger partial charge on any atom is -0.355 e. The molecular formula is C20H21ClN4O2S. The first-order valence-electron chi connectivity index (χ1n) is 9.27. The van der Waals surface area contributed by atoms with Crippen LogP contribution in [-0.4, -0.2) is 34.0 Å². The van der Waals surface area contributed by atoms with Gasteiger partial charge in [-0.3, -0.25) is 15.0 Å². The summed E-state index contributed by atoms with van der Waals surface area (Å²) in [4.78, 5) is 19.4. The second kappa shape index (κ2) is 8.43. The zero-order chi connectivity index (χ0) is 19.5. The van der Waals surface area contributed by atoms with Gasteiger partial charge in [-0.2, -0.15) is 0 Å². The largest absolute Gasteiger partial charge is 0.355 e. The summed E-state index contributed by atoms with van der Waals surface area (Å²) in [6.07, 6.45) is 2.46.